The largest absolute Gasteiger partial charge is 0.459 e. The summed E-state index contributed by atoms with van der Waals surface area (Å²) in [4.78, 5) is 25.6. The Bertz CT molecular complexity index is 558. The molecule has 0 saturated heterocycles. The van der Waals surface area contributed by atoms with Crippen molar-refractivity contribution in [2.24, 2.45) is 0 Å². The van der Waals surface area contributed by atoms with Gasteiger partial charge in [0, 0.05) is 0 Å². The predicted octanol–water partition coefficient (Wildman–Crippen LogP) is 7.50. The van der Waals surface area contributed by atoms with Gasteiger partial charge in [0.1, 0.15) is 12.2 Å². The molecule has 2 atom stereocenters. The molecule has 2 unspecified atom stereocenters. The van der Waals surface area contributed by atoms with Gasteiger partial charge >= 0.3 is 11.9 Å². The highest BCUT2D eigenvalue weighted by Gasteiger charge is 2.23. The molecule has 0 spiro atoms. The van der Waals surface area contributed by atoms with Crippen molar-refractivity contribution in [3.8, 4) is 0 Å². The summed E-state index contributed by atoms with van der Waals surface area (Å²) in [5, 5.41) is 0. The topological polar surface area (TPSA) is 52.6 Å². The van der Waals surface area contributed by atoms with Crippen molar-refractivity contribution in [3.63, 3.8) is 0 Å². The Hall–Kier alpha value is -1.84. The van der Waals surface area contributed by atoms with Crippen molar-refractivity contribution in [2.75, 3.05) is 0 Å². The van der Waals surface area contributed by atoms with Gasteiger partial charge < -0.3 is 9.47 Å². The van der Waals surface area contributed by atoms with Crippen molar-refractivity contribution < 1.29 is 19.1 Å². The second-order valence-electron chi connectivity index (χ2n) is 8.12. The number of rotatable bonds is 16. The second-order valence-corrected chi connectivity index (χ2v) is 8.12. The van der Waals surface area contributed by atoms with Gasteiger partial charge in [-0.25, -0.2) is 9.59 Å². The molecule has 1 aromatic rings. The van der Waals surface area contributed by atoms with Crippen LogP contribution in [0.15, 0.2) is 24.3 Å². The summed E-state index contributed by atoms with van der Waals surface area (Å²) in [6.07, 6.45) is 12.3. The smallest absolute Gasteiger partial charge is 0.339 e. The normalized spacial score (nSPS) is 12.9. The van der Waals surface area contributed by atoms with Crippen LogP contribution in [0.25, 0.3) is 0 Å². The molecule has 0 amide bonds. The molecule has 0 heterocycles. The molecular formula is C26H42O4. The fraction of sp³-hybridized carbons (Fsp3) is 0.692. The standard InChI is InChI=1S/C26H42O4/c1-5-9-11-13-17-21(7-3)29-25(27)23-19-15-16-20-24(23)26(28)30-22(8-4)18-14-12-10-6-2/h15-16,19-22H,5-14,17-18H2,1-4H3. The zero-order valence-corrected chi connectivity index (χ0v) is 19.6. The summed E-state index contributed by atoms with van der Waals surface area (Å²) in [6, 6.07) is 6.84. The Balaban J connectivity index is 2.72. The molecule has 0 radical (unpaired) electrons. The highest BCUT2D eigenvalue weighted by atomic mass is 16.5. The summed E-state index contributed by atoms with van der Waals surface area (Å²) >= 11 is 0. The van der Waals surface area contributed by atoms with Gasteiger partial charge in [-0.3, -0.25) is 0 Å². The first-order chi connectivity index (χ1) is 14.6. The maximum absolute atomic E-state index is 12.8. The van der Waals surface area contributed by atoms with E-state index in [1.165, 1.54) is 25.7 Å². The SMILES string of the molecule is CCCCCCC(CC)OC(=O)c1ccccc1C(=O)OC(CC)CCCCCC. The first-order valence-electron chi connectivity index (χ1n) is 12.1. The molecule has 30 heavy (non-hydrogen) atoms. The van der Waals surface area contributed by atoms with E-state index in [0.29, 0.717) is 11.1 Å². The van der Waals surface area contributed by atoms with Gasteiger partial charge in [0.15, 0.2) is 0 Å². The fourth-order valence-corrected chi connectivity index (χ4v) is 3.56. The first-order valence-corrected chi connectivity index (χ1v) is 12.1. The van der Waals surface area contributed by atoms with E-state index in [4.69, 9.17) is 9.47 Å². The summed E-state index contributed by atoms with van der Waals surface area (Å²) in [5.41, 5.74) is 0.602. The van der Waals surface area contributed by atoms with E-state index in [1.54, 1.807) is 24.3 Å². The van der Waals surface area contributed by atoms with Gasteiger partial charge in [-0.15, -0.1) is 0 Å². The molecule has 0 bridgehead atoms. The van der Waals surface area contributed by atoms with Gasteiger partial charge in [-0.05, 0) is 50.7 Å². The lowest BCUT2D eigenvalue weighted by Crippen LogP contribution is -2.22. The van der Waals surface area contributed by atoms with Crippen molar-refractivity contribution in [2.45, 2.75) is 117 Å². The van der Waals surface area contributed by atoms with Crippen LogP contribution in [-0.2, 0) is 9.47 Å². The zero-order valence-electron chi connectivity index (χ0n) is 19.6. The number of benzene rings is 1. The lowest BCUT2D eigenvalue weighted by molar-refractivity contribution is 0.0219. The molecule has 0 N–H and O–H groups in total. The number of unbranched alkanes of at least 4 members (excludes halogenated alkanes) is 6. The molecule has 0 aliphatic heterocycles. The van der Waals surface area contributed by atoms with Crippen LogP contribution >= 0.6 is 0 Å². The minimum absolute atomic E-state index is 0.111. The Morgan fingerprint density at radius 1 is 0.667 bits per heavy atom. The van der Waals surface area contributed by atoms with Crippen LogP contribution in [0.2, 0.25) is 0 Å². The monoisotopic (exact) mass is 418 g/mol. The molecule has 4 nitrogen and oxygen atoms in total. The van der Waals surface area contributed by atoms with Gasteiger partial charge in [-0.2, -0.15) is 0 Å². The van der Waals surface area contributed by atoms with Crippen LogP contribution in [-0.4, -0.2) is 24.1 Å². The molecule has 1 aromatic carbocycles. The van der Waals surface area contributed by atoms with Crippen molar-refractivity contribution >= 4 is 11.9 Å². The van der Waals surface area contributed by atoms with E-state index in [-0.39, 0.29) is 12.2 Å². The van der Waals surface area contributed by atoms with E-state index in [2.05, 4.69) is 13.8 Å². The average Bonchev–Trinajstić information content (AvgIpc) is 2.77. The maximum Gasteiger partial charge on any atom is 0.339 e. The minimum atomic E-state index is -0.430. The first kappa shape index (κ1) is 26.2. The van der Waals surface area contributed by atoms with Crippen LogP contribution in [0, 0.1) is 0 Å². The summed E-state index contributed by atoms with van der Waals surface area (Å²) < 4.78 is 11.5. The second kappa shape index (κ2) is 15.9. The van der Waals surface area contributed by atoms with Crippen LogP contribution in [0.5, 0.6) is 0 Å². The van der Waals surface area contributed by atoms with Crippen molar-refractivity contribution in [1.29, 1.82) is 0 Å². The molecular weight excluding hydrogens is 376 g/mol. The number of ether oxygens (including phenoxy) is 2. The molecule has 170 valence electrons. The maximum atomic E-state index is 12.8. The third kappa shape index (κ3) is 9.77. The third-order valence-corrected chi connectivity index (χ3v) is 5.58. The Morgan fingerprint density at radius 3 is 1.40 bits per heavy atom. The van der Waals surface area contributed by atoms with E-state index in [0.717, 1.165) is 51.4 Å². The Labute approximate surface area is 183 Å². The number of carbonyl (C=O) groups is 2. The Kier molecular flexibility index (Phi) is 13.9. The van der Waals surface area contributed by atoms with Crippen molar-refractivity contribution in [1.82, 2.24) is 0 Å². The van der Waals surface area contributed by atoms with Crippen molar-refractivity contribution in [3.05, 3.63) is 35.4 Å². The number of hydrogen-bond donors (Lipinski definition) is 0. The molecule has 0 saturated carbocycles. The third-order valence-electron chi connectivity index (χ3n) is 5.58. The van der Waals surface area contributed by atoms with Gasteiger partial charge in [0.25, 0.3) is 0 Å². The molecule has 4 heteroatoms. The van der Waals surface area contributed by atoms with E-state index in [9.17, 15) is 9.59 Å². The number of carbonyl (C=O) groups excluding carboxylic acids is 2. The molecule has 0 aromatic heterocycles. The van der Waals surface area contributed by atoms with Gasteiger partial charge in [0.05, 0.1) is 11.1 Å². The lowest BCUT2D eigenvalue weighted by atomic mass is 10.1. The fourth-order valence-electron chi connectivity index (χ4n) is 3.56. The summed E-state index contributed by atoms with van der Waals surface area (Å²) in [7, 11) is 0. The van der Waals surface area contributed by atoms with Crippen LogP contribution in [0.3, 0.4) is 0 Å². The highest BCUT2D eigenvalue weighted by molar-refractivity contribution is 6.03. The molecule has 1 rings (SSSR count). The molecule has 0 aliphatic rings. The van der Waals surface area contributed by atoms with Gasteiger partial charge in [-0.1, -0.05) is 78.4 Å². The Morgan fingerprint density at radius 2 is 1.07 bits per heavy atom. The van der Waals surface area contributed by atoms with E-state index >= 15 is 0 Å². The molecule has 0 fully saturated rings. The highest BCUT2D eigenvalue weighted by Crippen LogP contribution is 2.19. The van der Waals surface area contributed by atoms with Crippen LogP contribution < -0.4 is 0 Å². The summed E-state index contributed by atoms with van der Waals surface area (Å²) in [6.45, 7) is 8.42. The minimum Gasteiger partial charge on any atom is -0.459 e. The van der Waals surface area contributed by atoms with Crippen LogP contribution in [0.1, 0.15) is 125 Å². The van der Waals surface area contributed by atoms with E-state index < -0.39 is 11.9 Å². The predicted molar refractivity (Wildman–Crippen MR) is 123 cm³/mol. The molecule has 0 aliphatic carbocycles. The van der Waals surface area contributed by atoms with Crippen LogP contribution in [0.4, 0.5) is 0 Å². The number of esters is 2. The van der Waals surface area contributed by atoms with E-state index in [1.807, 2.05) is 13.8 Å². The zero-order chi connectivity index (χ0) is 22.2. The quantitative estimate of drug-likeness (QED) is 0.206. The summed E-state index contributed by atoms with van der Waals surface area (Å²) in [5.74, 6) is -0.859. The average molecular weight is 419 g/mol. The van der Waals surface area contributed by atoms with Gasteiger partial charge in [0.2, 0.25) is 0 Å². The number of hydrogen-bond acceptors (Lipinski definition) is 4. The lowest BCUT2D eigenvalue weighted by Gasteiger charge is -2.19.